The molecule has 0 saturated heterocycles. The van der Waals surface area contributed by atoms with E-state index in [-0.39, 0.29) is 6.61 Å². The van der Waals surface area contributed by atoms with Crippen LogP contribution in [0.3, 0.4) is 0 Å². The van der Waals surface area contributed by atoms with Gasteiger partial charge in [0.25, 0.3) is 0 Å². The van der Waals surface area contributed by atoms with Crippen LogP contribution in [0.15, 0.2) is 0 Å². The molecule has 0 aromatic heterocycles. The van der Waals surface area contributed by atoms with Gasteiger partial charge in [-0.05, 0) is 25.7 Å². The van der Waals surface area contributed by atoms with Gasteiger partial charge in [-0.25, -0.2) is 0 Å². The van der Waals surface area contributed by atoms with Crippen molar-refractivity contribution < 1.29 is 5.11 Å². The molecule has 2 aliphatic rings. The van der Waals surface area contributed by atoms with Crippen molar-refractivity contribution in [2.45, 2.75) is 25.7 Å². The molecule has 76 valence electrons. The lowest BCUT2D eigenvalue weighted by molar-refractivity contribution is 0.350. The van der Waals surface area contributed by atoms with E-state index in [0.29, 0.717) is 17.7 Å². The molecule has 14 heavy (non-hydrogen) atoms. The zero-order valence-electron chi connectivity index (χ0n) is 8.22. The number of aliphatic hydroxyl groups is 1. The maximum absolute atomic E-state index is 8.17. The lowest BCUT2D eigenvalue weighted by Crippen LogP contribution is -1.71. The van der Waals surface area contributed by atoms with Gasteiger partial charge in [0.2, 0.25) is 0 Å². The van der Waals surface area contributed by atoms with E-state index in [1.54, 1.807) is 0 Å². The van der Waals surface area contributed by atoms with Crippen molar-refractivity contribution in [3.8, 4) is 23.7 Å². The van der Waals surface area contributed by atoms with Crippen LogP contribution in [0.5, 0.6) is 0 Å². The molecule has 2 rings (SSSR count). The summed E-state index contributed by atoms with van der Waals surface area (Å²) in [5.74, 6) is 13.2. The number of hydrogen-bond donors (Lipinski definition) is 1. The number of aliphatic hydroxyl groups excluding tert-OH is 1. The molecule has 0 atom stereocenters. The molecular weight excluding hydrogens is 196 g/mol. The Morgan fingerprint density at radius 3 is 1.86 bits per heavy atom. The van der Waals surface area contributed by atoms with E-state index < -0.39 is 0 Å². The average molecular weight is 211 g/mol. The maximum atomic E-state index is 8.17. The second-order valence-electron chi connectivity index (χ2n) is 3.48. The van der Waals surface area contributed by atoms with Crippen molar-refractivity contribution in [1.82, 2.24) is 0 Å². The fraction of sp³-hybridized carbons (Fsp3) is 0.667. The standard InChI is InChI=1S/C6H7Cl.C6H8O/c2*7-5-1-2-6-3-4-6/h6H,3-5H2;6-7H,3-5H2. The molecule has 0 aromatic carbocycles. The van der Waals surface area contributed by atoms with Crippen LogP contribution in [0, 0.1) is 35.5 Å². The van der Waals surface area contributed by atoms with Crippen LogP contribution < -0.4 is 0 Å². The van der Waals surface area contributed by atoms with Gasteiger partial charge < -0.3 is 5.11 Å². The van der Waals surface area contributed by atoms with Crippen molar-refractivity contribution >= 4 is 11.6 Å². The second kappa shape index (κ2) is 6.77. The number of halogens is 1. The molecule has 2 heteroatoms. The molecule has 1 N–H and O–H groups in total. The van der Waals surface area contributed by atoms with E-state index in [1.807, 2.05) is 0 Å². The molecule has 0 aromatic rings. The molecule has 2 fully saturated rings. The van der Waals surface area contributed by atoms with Crippen LogP contribution in [-0.4, -0.2) is 17.6 Å². The van der Waals surface area contributed by atoms with Crippen LogP contribution in [0.1, 0.15) is 25.7 Å². The largest absolute Gasteiger partial charge is 0.384 e. The first-order valence-corrected chi connectivity index (χ1v) is 5.54. The molecule has 0 bridgehead atoms. The van der Waals surface area contributed by atoms with Crippen LogP contribution in [0.25, 0.3) is 0 Å². The van der Waals surface area contributed by atoms with Crippen molar-refractivity contribution in [2.24, 2.45) is 11.8 Å². The van der Waals surface area contributed by atoms with E-state index in [4.69, 9.17) is 16.7 Å². The van der Waals surface area contributed by atoms with Gasteiger partial charge in [-0.1, -0.05) is 23.7 Å². The summed E-state index contributed by atoms with van der Waals surface area (Å²) in [7, 11) is 0. The lowest BCUT2D eigenvalue weighted by Gasteiger charge is -1.68. The van der Waals surface area contributed by atoms with Gasteiger partial charge in [0, 0.05) is 11.8 Å². The Balaban J connectivity index is 0.000000140. The van der Waals surface area contributed by atoms with Gasteiger partial charge >= 0.3 is 0 Å². The number of rotatable bonds is 0. The summed E-state index contributed by atoms with van der Waals surface area (Å²) in [6.45, 7) is 0.0243. The van der Waals surface area contributed by atoms with Crippen LogP contribution in [-0.2, 0) is 0 Å². The van der Waals surface area contributed by atoms with Gasteiger partial charge in [-0.2, -0.15) is 0 Å². The van der Waals surface area contributed by atoms with Crippen molar-refractivity contribution in [2.75, 3.05) is 12.5 Å². The Morgan fingerprint density at radius 1 is 1.00 bits per heavy atom. The molecule has 2 saturated carbocycles. The summed E-state index contributed by atoms with van der Waals surface area (Å²) in [4.78, 5) is 0. The van der Waals surface area contributed by atoms with E-state index in [1.165, 1.54) is 25.7 Å². The number of alkyl halides is 1. The maximum Gasteiger partial charge on any atom is 0.104 e. The smallest absolute Gasteiger partial charge is 0.104 e. The molecular formula is C12H15ClO. The highest BCUT2D eigenvalue weighted by molar-refractivity contribution is 6.19. The summed E-state index contributed by atoms with van der Waals surface area (Å²) in [6.07, 6.45) is 5.08. The zero-order chi connectivity index (χ0) is 10.2. The summed E-state index contributed by atoms with van der Waals surface area (Å²) < 4.78 is 0. The minimum absolute atomic E-state index is 0.0243. The molecule has 0 amide bonds. The minimum Gasteiger partial charge on any atom is -0.384 e. The van der Waals surface area contributed by atoms with E-state index in [0.717, 1.165) is 0 Å². The monoisotopic (exact) mass is 210 g/mol. The summed E-state index contributed by atoms with van der Waals surface area (Å²) in [5, 5.41) is 8.17. The second-order valence-corrected chi connectivity index (χ2v) is 3.75. The normalized spacial score (nSPS) is 17.9. The van der Waals surface area contributed by atoms with E-state index >= 15 is 0 Å². The summed E-state index contributed by atoms with van der Waals surface area (Å²) in [5.41, 5.74) is 0. The predicted molar refractivity (Wildman–Crippen MR) is 58.8 cm³/mol. The highest BCUT2D eigenvalue weighted by atomic mass is 35.5. The third-order valence-electron chi connectivity index (χ3n) is 1.91. The highest BCUT2D eigenvalue weighted by Crippen LogP contribution is 2.27. The van der Waals surface area contributed by atoms with E-state index in [2.05, 4.69) is 23.7 Å². The highest BCUT2D eigenvalue weighted by Gasteiger charge is 2.17. The summed E-state index contributed by atoms with van der Waals surface area (Å²) in [6, 6.07) is 0. The molecule has 0 heterocycles. The first-order valence-electron chi connectivity index (χ1n) is 5.00. The molecule has 0 aliphatic heterocycles. The van der Waals surface area contributed by atoms with Gasteiger partial charge in [-0.3, -0.25) is 0 Å². The van der Waals surface area contributed by atoms with Crippen molar-refractivity contribution in [3.05, 3.63) is 0 Å². The molecule has 0 unspecified atom stereocenters. The van der Waals surface area contributed by atoms with Crippen molar-refractivity contribution in [3.63, 3.8) is 0 Å². The van der Waals surface area contributed by atoms with Crippen LogP contribution >= 0.6 is 11.6 Å². The first kappa shape index (κ1) is 11.4. The quantitative estimate of drug-likeness (QED) is 0.479. The SMILES string of the molecule is ClCC#CC1CC1.OCC#CC1CC1. The number of hydrogen-bond acceptors (Lipinski definition) is 1. The van der Waals surface area contributed by atoms with Crippen molar-refractivity contribution in [1.29, 1.82) is 0 Å². The Morgan fingerprint density at radius 2 is 1.50 bits per heavy atom. The third-order valence-corrected chi connectivity index (χ3v) is 2.05. The fourth-order valence-electron chi connectivity index (χ4n) is 0.828. The lowest BCUT2D eigenvalue weighted by atomic mass is 10.4. The first-order chi connectivity index (χ1) is 6.86. The topological polar surface area (TPSA) is 20.2 Å². The fourth-order valence-corrected chi connectivity index (χ4v) is 0.905. The Kier molecular flexibility index (Phi) is 5.53. The van der Waals surface area contributed by atoms with Gasteiger partial charge in [0.05, 0.1) is 5.88 Å². The Bertz CT molecular complexity index is 238. The minimum atomic E-state index is 0.0243. The Labute approximate surface area is 90.8 Å². The zero-order valence-corrected chi connectivity index (χ0v) is 8.98. The molecule has 2 aliphatic carbocycles. The molecule has 1 nitrogen and oxygen atoms in total. The van der Waals surface area contributed by atoms with Gasteiger partial charge in [0.15, 0.2) is 0 Å². The predicted octanol–water partition coefficient (Wildman–Crippen LogP) is 2.03. The third kappa shape index (κ3) is 6.84. The van der Waals surface area contributed by atoms with Gasteiger partial charge in [0.1, 0.15) is 6.61 Å². The van der Waals surface area contributed by atoms with E-state index in [9.17, 15) is 0 Å². The summed E-state index contributed by atoms with van der Waals surface area (Å²) >= 11 is 5.30. The van der Waals surface area contributed by atoms with Crippen LogP contribution in [0.4, 0.5) is 0 Å². The molecule has 0 radical (unpaired) electrons. The van der Waals surface area contributed by atoms with Crippen LogP contribution in [0.2, 0.25) is 0 Å². The van der Waals surface area contributed by atoms with Gasteiger partial charge in [-0.15, -0.1) is 11.6 Å². The molecule has 0 spiro atoms. The Hall–Kier alpha value is -0.630. The average Bonchev–Trinajstić information content (AvgIpc) is 3.04.